The maximum atomic E-state index is 10.8. The van der Waals surface area contributed by atoms with Crippen molar-refractivity contribution in [1.82, 2.24) is 10.2 Å². The van der Waals surface area contributed by atoms with Gasteiger partial charge in [-0.3, -0.25) is 4.79 Å². The van der Waals surface area contributed by atoms with Gasteiger partial charge in [0.25, 0.3) is 0 Å². The maximum Gasteiger partial charge on any atom is 0.217 e. The molecule has 1 fully saturated rings. The molecule has 6 nitrogen and oxygen atoms in total. The van der Waals surface area contributed by atoms with Crippen molar-refractivity contribution in [2.24, 2.45) is 5.11 Å². The average Bonchev–Trinajstić information content (AvgIpc) is 2.59. The Balaban J connectivity index is 2.13. The first kappa shape index (κ1) is 11.8. The van der Waals surface area contributed by atoms with Gasteiger partial charge in [0.2, 0.25) is 5.91 Å². The summed E-state index contributed by atoms with van der Waals surface area (Å²) in [6, 6.07) is 0.293. The third kappa shape index (κ3) is 4.67. The minimum atomic E-state index is 0.0379. The molecule has 1 rings (SSSR count). The van der Waals surface area contributed by atoms with E-state index >= 15 is 0 Å². The molecule has 1 unspecified atom stereocenters. The first-order valence-electron chi connectivity index (χ1n) is 5.22. The van der Waals surface area contributed by atoms with Crippen molar-refractivity contribution in [1.29, 1.82) is 0 Å². The normalized spacial score (nSPS) is 21.0. The van der Waals surface area contributed by atoms with E-state index in [1.165, 1.54) is 0 Å². The number of amides is 1. The summed E-state index contributed by atoms with van der Waals surface area (Å²) in [5.74, 6) is 0.0379. The predicted octanol–water partition coefficient (Wildman–Crippen LogP) is 0.897. The first-order chi connectivity index (χ1) is 7.22. The summed E-state index contributed by atoms with van der Waals surface area (Å²) in [6.07, 6.45) is 1.90. The molecule has 6 heteroatoms. The van der Waals surface area contributed by atoms with Gasteiger partial charge < -0.3 is 10.2 Å². The lowest BCUT2D eigenvalue weighted by Gasteiger charge is -2.15. The fraction of sp³-hybridized carbons (Fsp3) is 0.889. The molecule has 1 N–H and O–H groups in total. The van der Waals surface area contributed by atoms with Crippen molar-refractivity contribution < 1.29 is 4.79 Å². The molecule has 1 aliphatic heterocycles. The van der Waals surface area contributed by atoms with Gasteiger partial charge in [-0.2, -0.15) is 0 Å². The lowest BCUT2D eigenvalue weighted by Crippen LogP contribution is -2.35. The van der Waals surface area contributed by atoms with Gasteiger partial charge in [-0.1, -0.05) is 5.11 Å². The third-order valence-electron chi connectivity index (χ3n) is 2.48. The van der Waals surface area contributed by atoms with Gasteiger partial charge in [0.15, 0.2) is 0 Å². The predicted molar refractivity (Wildman–Crippen MR) is 57.3 cm³/mol. The first-order valence-corrected chi connectivity index (χ1v) is 5.22. The van der Waals surface area contributed by atoms with Crippen molar-refractivity contribution in [3.8, 4) is 0 Å². The minimum Gasteiger partial charge on any atom is -0.352 e. The zero-order valence-electron chi connectivity index (χ0n) is 9.02. The molecule has 0 spiro atoms. The quantitative estimate of drug-likeness (QED) is 0.317. The number of nitrogens with zero attached hydrogens (tertiary/aromatic N) is 4. The highest BCUT2D eigenvalue weighted by atomic mass is 16.1. The van der Waals surface area contributed by atoms with Crippen LogP contribution in [-0.2, 0) is 4.79 Å². The largest absolute Gasteiger partial charge is 0.352 e. The highest BCUT2D eigenvalue weighted by Crippen LogP contribution is 2.09. The van der Waals surface area contributed by atoms with Gasteiger partial charge >= 0.3 is 0 Å². The van der Waals surface area contributed by atoms with E-state index in [0.717, 1.165) is 32.5 Å². The van der Waals surface area contributed by atoms with Crippen LogP contribution in [0, 0.1) is 0 Å². The molecule has 0 aromatic heterocycles. The van der Waals surface area contributed by atoms with Gasteiger partial charge in [0, 0.05) is 37.5 Å². The number of rotatable bonds is 5. The zero-order valence-corrected chi connectivity index (χ0v) is 9.02. The van der Waals surface area contributed by atoms with Crippen LogP contribution in [0.4, 0.5) is 0 Å². The number of carbonyl (C=O) groups excluding carboxylic acids is 1. The van der Waals surface area contributed by atoms with Crippen LogP contribution in [0.2, 0.25) is 0 Å². The van der Waals surface area contributed by atoms with E-state index in [1.807, 2.05) is 0 Å². The number of hydrogen-bond acceptors (Lipinski definition) is 3. The molecule has 0 radical (unpaired) electrons. The van der Waals surface area contributed by atoms with Crippen molar-refractivity contribution in [3.05, 3.63) is 10.4 Å². The molecule has 0 saturated carbocycles. The second kappa shape index (κ2) is 6.27. The van der Waals surface area contributed by atoms with E-state index in [2.05, 4.69) is 20.2 Å². The van der Waals surface area contributed by atoms with Gasteiger partial charge in [-0.25, -0.2) is 0 Å². The molecule has 0 aliphatic carbocycles. The second-order valence-corrected chi connectivity index (χ2v) is 3.79. The second-order valence-electron chi connectivity index (χ2n) is 3.79. The Labute approximate surface area is 89.3 Å². The Morgan fingerprint density at radius 2 is 2.53 bits per heavy atom. The molecule has 1 saturated heterocycles. The van der Waals surface area contributed by atoms with Crippen LogP contribution in [-0.4, -0.2) is 43.0 Å². The van der Waals surface area contributed by atoms with E-state index in [9.17, 15) is 4.79 Å². The van der Waals surface area contributed by atoms with Crippen LogP contribution in [0.5, 0.6) is 0 Å². The van der Waals surface area contributed by atoms with Gasteiger partial charge in [-0.15, -0.1) is 0 Å². The van der Waals surface area contributed by atoms with Crippen molar-refractivity contribution in [2.45, 2.75) is 25.8 Å². The van der Waals surface area contributed by atoms with Crippen molar-refractivity contribution in [2.75, 3.05) is 26.2 Å². The van der Waals surface area contributed by atoms with Crippen molar-refractivity contribution in [3.63, 3.8) is 0 Å². The molecule has 0 aromatic rings. The Morgan fingerprint density at radius 1 is 1.73 bits per heavy atom. The summed E-state index contributed by atoms with van der Waals surface area (Å²) >= 11 is 0. The Bertz CT molecular complexity index is 261. The standard InChI is InChI=1S/C9H17N5O/c1-8(15)12-9-3-6-14(7-9)5-2-4-11-13-10/h9H,2-7H2,1H3,(H,12,15). The summed E-state index contributed by atoms with van der Waals surface area (Å²) < 4.78 is 0. The van der Waals surface area contributed by atoms with E-state index < -0.39 is 0 Å². The molecule has 84 valence electrons. The van der Waals surface area contributed by atoms with Crippen LogP contribution in [0.25, 0.3) is 10.4 Å². The fourth-order valence-electron chi connectivity index (χ4n) is 1.85. The van der Waals surface area contributed by atoms with Gasteiger partial charge in [0.1, 0.15) is 0 Å². The van der Waals surface area contributed by atoms with E-state index in [0.29, 0.717) is 12.6 Å². The monoisotopic (exact) mass is 211 g/mol. The van der Waals surface area contributed by atoms with Crippen LogP contribution >= 0.6 is 0 Å². The van der Waals surface area contributed by atoms with Crippen LogP contribution in [0.1, 0.15) is 19.8 Å². The molecule has 1 atom stereocenters. The average molecular weight is 211 g/mol. The number of hydrogen-bond donors (Lipinski definition) is 1. The lowest BCUT2D eigenvalue weighted by atomic mass is 10.2. The van der Waals surface area contributed by atoms with Gasteiger partial charge in [-0.05, 0) is 24.9 Å². The van der Waals surface area contributed by atoms with E-state index in [4.69, 9.17) is 5.53 Å². The topological polar surface area (TPSA) is 81.1 Å². The number of nitrogens with one attached hydrogen (secondary N) is 1. The summed E-state index contributed by atoms with van der Waals surface area (Å²) in [5.41, 5.74) is 8.10. The third-order valence-corrected chi connectivity index (χ3v) is 2.48. The molecule has 0 bridgehead atoms. The molecule has 1 heterocycles. The summed E-state index contributed by atoms with van der Waals surface area (Å²) in [4.78, 5) is 15.8. The highest BCUT2D eigenvalue weighted by Gasteiger charge is 2.21. The van der Waals surface area contributed by atoms with E-state index in [-0.39, 0.29) is 5.91 Å². The summed E-state index contributed by atoms with van der Waals surface area (Å²) in [5, 5.41) is 6.40. The molecule has 15 heavy (non-hydrogen) atoms. The molecule has 1 amide bonds. The van der Waals surface area contributed by atoms with E-state index in [1.54, 1.807) is 6.92 Å². The zero-order chi connectivity index (χ0) is 11.1. The Morgan fingerprint density at radius 3 is 3.20 bits per heavy atom. The maximum absolute atomic E-state index is 10.8. The summed E-state index contributed by atoms with van der Waals surface area (Å²) in [6.45, 7) is 4.97. The number of carbonyl (C=O) groups is 1. The van der Waals surface area contributed by atoms with Gasteiger partial charge in [0.05, 0.1) is 0 Å². The molecular formula is C9H17N5O. The SMILES string of the molecule is CC(=O)NC1CCN(CCCN=[N+]=[N-])C1. The minimum absolute atomic E-state index is 0.0379. The van der Waals surface area contributed by atoms with Crippen molar-refractivity contribution >= 4 is 5.91 Å². The lowest BCUT2D eigenvalue weighted by molar-refractivity contribution is -0.119. The van der Waals surface area contributed by atoms with Crippen LogP contribution < -0.4 is 5.32 Å². The fourth-order valence-corrected chi connectivity index (χ4v) is 1.85. The molecule has 1 aliphatic rings. The van der Waals surface area contributed by atoms with Crippen LogP contribution in [0.3, 0.4) is 0 Å². The Kier molecular flexibility index (Phi) is 4.93. The smallest absolute Gasteiger partial charge is 0.217 e. The highest BCUT2D eigenvalue weighted by molar-refractivity contribution is 5.73. The number of likely N-dealkylation sites (tertiary alicyclic amines) is 1. The molecule has 0 aromatic carbocycles. The van der Waals surface area contributed by atoms with Crippen LogP contribution in [0.15, 0.2) is 5.11 Å². The molecular weight excluding hydrogens is 194 g/mol. The Hall–Kier alpha value is -1.26. The number of azide groups is 1. The summed E-state index contributed by atoms with van der Waals surface area (Å²) in [7, 11) is 0.